The summed E-state index contributed by atoms with van der Waals surface area (Å²) >= 11 is 0. The minimum Gasteiger partial charge on any atom is -0.444 e. The number of hydrogen-bond acceptors (Lipinski definition) is 4. The number of amides is 3. The normalized spacial score (nSPS) is 12.6. The molecule has 0 radical (unpaired) electrons. The van der Waals surface area contributed by atoms with Crippen LogP contribution in [0.25, 0.3) is 0 Å². The van der Waals surface area contributed by atoms with Crippen LogP contribution < -0.4 is 10.6 Å². The fraction of sp³-hybridized carbons (Fsp3) is 0.679. The summed E-state index contributed by atoms with van der Waals surface area (Å²) in [6.45, 7) is 17.4. The molecule has 0 heterocycles. The molecule has 0 saturated heterocycles. The number of hydrogen-bond donors (Lipinski definition) is 2. The molecule has 1 rings (SSSR count). The monoisotopic (exact) mass is 489 g/mol. The molecule has 1 unspecified atom stereocenters. The fourth-order valence-corrected chi connectivity index (χ4v) is 3.81. The summed E-state index contributed by atoms with van der Waals surface area (Å²) < 4.78 is 5.29. The van der Waals surface area contributed by atoms with E-state index in [0.29, 0.717) is 6.54 Å². The minimum atomic E-state index is -0.798. The standard InChI is InChI=1S/C28H47N3O4/c1-10-11-12-13-14-18-31(23(32)19-29-26(34)35-28(7,8)9)24(25(33)30-27(4,5)6)22-17-15-16-20(2)21(22)3/h15-17,24H,10-14,18-19H2,1-9H3,(H,29,34)(H,30,33). The van der Waals surface area contributed by atoms with Crippen LogP contribution in [0, 0.1) is 13.8 Å². The number of benzene rings is 1. The Bertz CT molecular complexity index is 853. The zero-order valence-electron chi connectivity index (χ0n) is 23.3. The molecule has 1 atom stereocenters. The van der Waals surface area contributed by atoms with E-state index in [2.05, 4.69) is 17.6 Å². The van der Waals surface area contributed by atoms with Crippen molar-refractivity contribution < 1.29 is 19.1 Å². The van der Waals surface area contributed by atoms with Crippen LogP contribution in [-0.4, -0.2) is 47.0 Å². The molecule has 198 valence electrons. The number of rotatable bonds is 11. The Hall–Kier alpha value is -2.57. The highest BCUT2D eigenvalue weighted by Crippen LogP contribution is 2.28. The Kier molecular flexibility index (Phi) is 11.7. The first kappa shape index (κ1) is 30.5. The van der Waals surface area contributed by atoms with E-state index in [1.165, 1.54) is 0 Å². The van der Waals surface area contributed by atoms with E-state index in [1.807, 2.05) is 52.8 Å². The Labute approximate surface area is 212 Å². The summed E-state index contributed by atoms with van der Waals surface area (Å²) in [6.07, 6.45) is 4.44. The van der Waals surface area contributed by atoms with Gasteiger partial charge in [-0.05, 0) is 78.5 Å². The van der Waals surface area contributed by atoms with E-state index in [0.717, 1.165) is 48.8 Å². The van der Waals surface area contributed by atoms with Crippen molar-refractivity contribution in [1.29, 1.82) is 0 Å². The first-order valence-corrected chi connectivity index (χ1v) is 12.8. The van der Waals surface area contributed by atoms with Crippen molar-refractivity contribution in [2.24, 2.45) is 0 Å². The first-order chi connectivity index (χ1) is 16.2. The van der Waals surface area contributed by atoms with Gasteiger partial charge in [0.1, 0.15) is 18.2 Å². The molecule has 0 saturated carbocycles. The second-order valence-electron chi connectivity index (χ2n) is 11.3. The third-order valence-corrected chi connectivity index (χ3v) is 5.61. The van der Waals surface area contributed by atoms with Gasteiger partial charge in [0.05, 0.1) is 0 Å². The number of nitrogens with one attached hydrogen (secondary N) is 2. The van der Waals surface area contributed by atoms with Gasteiger partial charge >= 0.3 is 6.09 Å². The SMILES string of the molecule is CCCCCCCN(C(=O)CNC(=O)OC(C)(C)C)C(C(=O)NC(C)(C)C)c1cccc(C)c1C. The van der Waals surface area contributed by atoms with Crippen LogP contribution in [0.1, 0.15) is 103 Å². The molecule has 2 N–H and O–H groups in total. The van der Waals surface area contributed by atoms with Gasteiger partial charge in [0.25, 0.3) is 0 Å². The van der Waals surface area contributed by atoms with Gasteiger partial charge in [-0.1, -0.05) is 50.8 Å². The lowest BCUT2D eigenvalue weighted by Gasteiger charge is -2.35. The molecule has 0 fully saturated rings. The molecule has 1 aromatic rings. The number of unbranched alkanes of at least 4 members (excludes halogenated alkanes) is 4. The third-order valence-electron chi connectivity index (χ3n) is 5.61. The molecule has 0 aliphatic rings. The molecule has 0 aromatic heterocycles. The van der Waals surface area contributed by atoms with Crippen molar-refractivity contribution in [1.82, 2.24) is 15.5 Å². The number of carbonyl (C=O) groups excluding carboxylic acids is 3. The zero-order chi connectivity index (χ0) is 26.8. The van der Waals surface area contributed by atoms with Gasteiger partial charge in [-0.3, -0.25) is 9.59 Å². The molecule has 0 aliphatic heterocycles. The highest BCUT2D eigenvalue weighted by Gasteiger charge is 2.34. The van der Waals surface area contributed by atoms with Crippen LogP contribution in [0.2, 0.25) is 0 Å². The van der Waals surface area contributed by atoms with Crippen molar-refractivity contribution in [2.45, 2.75) is 112 Å². The molecule has 7 heteroatoms. The largest absolute Gasteiger partial charge is 0.444 e. The predicted octanol–water partition coefficient (Wildman–Crippen LogP) is 5.58. The van der Waals surface area contributed by atoms with E-state index in [9.17, 15) is 14.4 Å². The van der Waals surface area contributed by atoms with E-state index < -0.39 is 23.3 Å². The van der Waals surface area contributed by atoms with Crippen molar-refractivity contribution in [2.75, 3.05) is 13.1 Å². The van der Waals surface area contributed by atoms with Gasteiger partial charge in [-0.25, -0.2) is 4.79 Å². The molecular formula is C28H47N3O4. The van der Waals surface area contributed by atoms with Gasteiger partial charge in [-0.2, -0.15) is 0 Å². The summed E-state index contributed by atoms with van der Waals surface area (Å²) in [6, 6.07) is 5.03. The maximum Gasteiger partial charge on any atom is 0.408 e. The summed E-state index contributed by atoms with van der Waals surface area (Å²) in [4.78, 5) is 40.9. The van der Waals surface area contributed by atoms with Gasteiger partial charge < -0.3 is 20.3 Å². The van der Waals surface area contributed by atoms with Crippen molar-refractivity contribution in [3.8, 4) is 0 Å². The lowest BCUT2D eigenvalue weighted by atomic mass is 9.94. The smallest absolute Gasteiger partial charge is 0.408 e. The number of alkyl carbamates (subject to hydrolysis) is 1. The summed E-state index contributed by atoms with van der Waals surface area (Å²) in [5.74, 6) is -0.549. The first-order valence-electron chi connectivity index (χ1n) is 12.8. The van der Waals surface area contributed by atoms with E-state index >= 15 is 0 Å². The van der Waals surface area contributed by atoms with Crippen LogP contribution >= 0.6 is 0 Å². The highest BCUT2D eigenvalue weighted by atomic mass is 16.6. The molecule has 0 bridgehead atoms. The minimum absolute atomic E-state index is 0.231. The number of ether oxygens (including phenoxy) is 1. The van der Waals surface area contributed by atoms with Crippen LogP contribution in [0.3, 0.4) is 0 Å². The lowest BCUT2D eigenvalue weighted by Crippen LogP contribution is -2.51. The Morgan fingerprint density at radius 1 is 0.971 bits per heavy atom. The second kappa shape index (κ2) is 13.5. The number of aryl methyl sites for hydroxylation is 1. The van der Waals surface area contributed by atoms with Crippen LogP contribution in [0.5, 0.6) is 0 Å². The van der Waals surface area contributed by atoms with Crippen LogP contribution in [-0.2, 0) is 14.3 Å². The van der Waals surface area contributed by atoms with Crippen LogP contribution in [0.4, 0.5) is 4.79 Å². The summed E-state index contributed by atoms with van der Waals surface area (Å²) in [7, 11) is 0. The quantitative estimate of drug-likeness (QED) is 0.397. The Balaban J connectivity index is 3.30. The average Bonchev–Trinajstić information content (AvgIpc) is 2.71. The van der Waals surface area contributed by atoms with E-state index in [4.69, 9.17) is 4.74 Å². The number of carbonyl (C=O) groups is 3. The van der Waals surface area contributed by atoms with Gasteiger partial charge in [0.15, 0.2) is 0 Å². The highest BCUT2D eigenvalue weighted by molar-refractivity contribution is 5.91. The summed E-state index contributed by atoms with van der Waals surface area (Å²) in [5.41, 5.74) is 1.70. The molecule has 0 aliphatic carbocycles. The van der Waals surface area contributed by atoms with E-state index in [-0.39, 0.29) is 18.4 Å². The fourth-order valence-electron chi connectivity index (χ4n) is 3.81. The predicted molar refractivity (Wildman–Crippen MR) is 141 cm³/mol. The maximum absolute atomic E-state index is 13.6. The lowest BCUT2D eigenvalue weighted by molar-refractivity contribution is -0.141. The summed E-state index contributed by atoms with van der Waals surface area (Å²) in [5, 5.41) is 5.63. The van der Waals surface area contributed by atoms with Gasteiger partial charge in [0.2, 0.25) is 11.8 Å². The van der Waals surface area contributed by atoms with Crippen molar-refractivity contribution in [3.05, 3.63) is 34.9 Å². The van der Waals surface area contributed by atoms with Gasteiger partial charge in [0, 0.05) is 12.1 Å². The topological polar surface area (TPSA) is 87.7 Å². The Morgan fingerprint density at radius 3 is 2.17 bits per heavy atom. The van der Waals surface area contributed by atoms with Gasteiger partial charge in [-0.15, -0.1) is 0 Å². The zero-order valence-corrected chi connectivity index (χ0v) is 23.3. The molecule has 35 heavy (non-hydrogen) atoms. The molecule has 0 spiro atoms. The van der Waals surface area contributed by atoms with Crippen molar-refractivity contribution in [3.63, 3.8) is 0 Å². The second-order valence-corrected chi connectivity index (χ2v) is 11.3. The third kappa shape index (κ3) is 11.1. The Morgan fingerprint density at radius 2 is 1.60 bits per heavy atom. The van der Waals surface area contributed by atoms with E-state index in [1.54, 1.807) is 25.7 Å². The molecule has 1 aromatic carbocycles. The van der Waals surface area contributed by atoms with Crippen LogP contribution in [0.15, 0.2) is 18.2 Å². The average molecular weight is 490 g/mol. The molecule has 7 nitrogen and oxygen atoms in total. The molecule has 3 amide bonds. The number of nitrogens with zero attached hydrogens (tertiary/aromatic N) is 1. The maximum atomic E-state index is 13.6. The van der Waals surface area contributed by atoms with Crippen molar-refractivity contribution >= 4 is 17.9 Å². The molecular weight excluding hydrogens is 442 g/mol.